The predicted octanol–water partition coefficient (Wildman–Crippen LogP) is 5.37. The number of amides is 1. The molecule has 1 atom stereocenters. The first-order chi connectivity index (χ1) is 15.0. The average molecular weight is 412 g/mol. The molecule has 2 aromatic carbocycles. The molecule has 0 spiro atoms. The molecule has 1 amide bonds. The van der Waals surface area contributed by atoms with Gasteiger partial charge in [0.05, 0.1) is 30.1 Å². The van der Waals surface area contributed by atoms with Crippen LogP contribution >= 0.6 is 0 Å². The second-order valence-electron chi connectivity index (χ2n) is 7.48. The van der Waals surface area contributed by atoms with E-state index in [-0.39, 0.29) is 11.9 Å². The van der Waals surface area contributed by atoms with Gasteiger partial charge in [-0.05, 0) is 61.4 Å². The smallest absolute Gasteiger partial charge is 0.257 e. The molecule has 0 bridgehead atoms. The number of hydrogen-bond acceptors (Lipinski definition) is 5. The van der Waals surface area contributed by atoms with Crippen molar-refractivity contribution in [3.05, 3.63) is 89.9 Å². The highest BCUT2D eigenvalue weighted by atomic mass is 16.5. The standard InChI is InChI=1S/C25H24N4O2/c1-16-9-20(14-26-13-16)25(30)29-21-6-4-5-18(10-21)17(2)28-22-11-19-7-8-23(31-3)12-24(19)27-15-22/h4-15,17,28H,1-3H3,(H,29,30)/t17-/m0/s1. The number of ether oxygens (including phenoxy) is 1. The lowest BCUT2D eigenvalue weighted by atomic mass is 10.1. The second-order valence-corrected chi connectivity index (χ2v) is 7.48. The van der Waals surface area contributed by atoms with Crippen LogP contribution in [0.3, 0.4) is 0 Å². The van der Waals surface area contributed by atoms with Crippen LogP contribution in [0.15, 0.2) is 73.2 Å². The Morgan fingerprint density at radius 2 is 1.87 bits per heavy atom. The number of rotatable bonds is 6. The fraction of sp³-hybridized carbons (Fsp3) is 0.160. The first kappa shape index (κ1) is 20.3. The molecule has 6 heteroatoms. The maximum Gasteiger partial charge on any atom is 0.257 e. The summed E-state index contributed by atoms with van der Waals surface area (Å²) in [6.45, 7) is 3.99. The molecule has 6 nitrogen and oxygen atoms in total. The van der Waals surface area contributed by atoms with Crippen molar-refractivity contribution in [3.8, 4) is 5.75 Å². The first-order valence-corrected chi connectivity index (χ1v) is 10.0. The number of aryl methyl sites for hydroxylation is 1. The average Bonchev–Trinajstić information content (AvgIpc) is 2.79. The third kappa shape index (κ3) is 4.80. The van der Waals surface area contributed by atoms with Gasteiger partial charge >= 0.3 is 0 Å². The molecule has 0 fully saturated rings. The SMILES string of the molecule is COc1ccc2cc(N[C@@H](C)c3cccc(NC(=O)c4cncc(C)c4)c3)cnc2c1. The lowest BCUT2D eigenvalue weighted by Crippen LogP contribution is -2.13. The lowest BCUT2D eigenvalue weighted by molar-refractivity contribution is 0.102. The number of methoxy groups -OCH3 is 1. The van der Waals surface area contributed by atoms with Crippen molar-refractivity contribution in [1.29, 1.82) is 0 Å². The highest BCUT2D eigenvalue weighted by molar-refractivity contribution is 6.04. The summed E-state index contributed by atoms with van der Waals surface area (Å²) in [4.78, 5) is 21.1. The van der Waals surface area contributed by atoms with Crippen molar-refractivity contribution >= 4 is 28.2 Å². The minimum atomic E-state index is -0.178. The van der Waals surface area contributed by atoms with E-state index in [1.54, 1.807) is 19.5 Å². The molecule has 0 aliphatic carbocycles. The molecule has 0 radical (unpaired) electrons. The second kappa shape index (κ2) is 8.83. The molecule has 0 aliphatic rings. The maximum absolute atomic E-state index is 12.5. The van der Waals surface area contributed by atoms with E-state index < -0.39 is 0 Å². The Balaban J connectivity index is 1.48. The molecular weight excluding hydrogens is 388 g/mol. The summed E-state index contributed by atoms with van der Waals surface area (Å²) in [6.07, 6.45) is 5.11. The minimum absolute atomic E-state index is 0.0231. The van der Waals surface area contributed by atoms with Crippen LogP contribution in [0, 0.1) is 6.92 Å². The van der Waals surface area contributed by atoms with Crippen molar-refractivity contribution in [3.63, 3.8) is 0 Å². The van der Waals surface area contributed by atoms with Gasteiger partial charge in [-0.15, -0.1) is 0 Å². The Morgan fingerprint density at radius 1 is 1.00 bits per heavy atom. The Kier molecular flexibility index (Phi) is 5.80. The van der Waals surface area contributed by atoms with E-state index in [1.165, 1.54) is 0 Å². The highest BCUT2D eigenvalue weighted by Crippen LogP contribution is 2.25. The van der Waals surface area contributed by atoms with Crippen LogP contribution in [0.4, 0.5) is 11.4 Å². The summed E-state index contributed by atoms with van der Waals surface area (Å²) >= 11 is 0. The molecule has 31 heavy (non-hydrogen) atoms. The van der Waals surface area contributed by atoms with Gasteiger partial charge < -0.3 is 15.4 Å². The number of nitrogens with one attached hydrogen (secondary N) is 2. The van der Waals surface area contributed by atoms with Crippen molar-refractivity contribution in [2.24, 2.45) is 0 Å². The number of benzene rings is 2. The van der Waals surface area contributed by atoms with Crippen LogP contribution in [-0.4, -0.2) is 23.0 Å². The van der Waals surface area contributed by atoms with Crippen molar-refractivity contribution < 1.29 is 9.53 Å². The predicted molar refractivity (Wildman–Crippen MR) is 124 cm³/mol. The summed E-state index contributed by atoms with van der Waals surface area (Å²) in [6, 6.07) is 17.5. The van der Waals surface area contributed by atoms with E-state index in [1.807, 2.05) is 61.7 Å². The fourth-order valence-electron chi connectivity index (χ4n) is 3.41. The van der Waals surface area contributed by atoms with Gasteiger partial charge in [-0.3, -0.25) is 14.8 Å². The summed E-state index contributed by atoms with van der Waals surface area (Å²) in [5.74, 6) is 0.609. The Labute approximate surface area is 181 Å². The molecule has 2 N–H and O–H groups in total. The molecule has 2 aromatic heterocycles. The Hall–Kier alpha value is -3.93. The van der Waals surface area contributed by atoms with Gasteiger partial charge in [-0.25, -0.2) is 0 Å². The summed E-state index contributed by atoms with van der Waals surface area (Å²) in [5, 5.41) is 7.46. The van der Waals surface area contributed by atoms with Crippen LogP contribution in [0.5, 0.6) is 5.75 Å². The third-order valence-corrected chi connectivity index (χ3v) is 5.06. The number of carbonyl (C=O) groups is 1. The molecule has 0 saturated carbocycles. The first-order valence-electron chi connectivity index (χ1n) is 10.0. The number of fused-ring (bicyclic) bond motifs is 1. The van der Waals surface area contributed by atoms with E-state index in [2.05, 4.69) is 33.6 Å². The van der Waals surface area contributed by atoms with Crippen LogP contribution in [0.1, 0.15) is 34.5 Å². The number of nitrogens with zero attached hydrogens (tertiary/aromatic N) is 2. The van der Waals surface area contributed by atoms with E-state index in [0.29, 0.717) is 5.56 Å². The molecule has 0 unspecified atom stereocenters. The fourth-order valence-corrected chi connectivity index (χ4v) is 3.41. The number of pyridine rings is 2. The largest absolute Gasteiger partial charge is 0.497 e. The minimum Gasteiger partial charge on any atom is -0.497 e. The van der Waals surface area contributed by atoms with Crippen LogP contribution < -0.4 is 15.4 Å². The number of carbonyl (C=O) groups excluding carboxylic acids is 1. The normalized spacial score (nSPS) is 11.7. The van der Waals surface area contributed by atoms with Gasteiger partial charge in [0.1, 0.15) is 5.75 Å². The molecule has 156 valence electrons. The van der Waals surface area contributed by atoms with Gasteiger partial charge in [0.2, 0.25) is 0 Å². The Bertz CT molecular complexity index is 1240. The van der Waals surface area contributed by atoms with E-state index in [4.69, 9.17) is 4.74 Å². The van der Waals surface area contributed by atoms with E-state index >= 15 is 0 Å². The van der Waals surface area contributed by atoms with Gasteiger partial charge in [0.25, 0.3) is 5.91 Å². The van der Waals surface area contributed by atoms with Gasteiger partial charge in [0.15, 0.2) is 0 Å². The zero-order valence-corrected chi connectivity index (χ0v) is 17.7. The van der Waals surface area contributed by atoms with Crippen molar-refractivity contribution in [1.82, 2.24) is 9.97 Å². The third-order valence-electron chi connectivity index (χ3n) is 5.06. The summed E-state index contributed by atoms with van der Waals surface area (Å²) < 4.78 is 5.26. The number of anilines is 2. The van der Waals surface area contributed by atoms with Gasteiger partial charge in [-0.2, -0.15) is 0 Å². The van der Waals surface area contributed by atoms with E-state index in [9.17, 15) is 4.79 Å². The van der Waals surface area contributed by atoms with Gasteiger partial charge in [0, 0.05) is 35.6 Å². The van der Waals surface area contributed by atoms with E-state index in [0.717, 1.165) is 39.2 Å². The van der Waals surface area contributed by atoms with Crippen molar-refractivity contribution in [2.75, 3.05) is 17.7 Å². The maximum atomic E-state index is 12.5. The lowest BCUT2D eigenvalue weighted by Gasteiger charge is -2.17. The molecule has 4 aromatic rings. The zero-order chi connectivity index (χ0) is 21.8. The molecule has 0 saturated heterocycles. The number of aromatic nitrogens is 2. The summed E-state index contributed by atoms with van der Waals surface area (Å²) in [5.41, 5.74) is 5.08. The van der Waals surface area contributed by atoms with Crippen LogP contribution in [0.2, 0.25) is 0 Å². The summed E-state index contributed by atoms with van der Waals surface area (Å²) in [7, 11) is 1.65. The quantitative estimate of drug-likeness (QED) is 0.445. The van der Waals surface area contributed by atoms with Crippen LogP contribution in [0.25, 0.3) is 10.9 Å². The number of hydrogen-bond donors (Lipinski definition) is 2. The topological polar surface area (TPSA) is 76.1 Å². The molecular formula is C25H24N4O2. The zero-order valence-electron chi connectivity index (χ0n) is 17.7. The van der Waals surface area contributed by atoms with Crippen molar-refractivity contribution in [2.45, 2.75) is 19.9 Å². The molecule has 0 aliphatic heterocycles. The van der Waals surface area contributed by atoms with Gasteiger partial charge in [-0.1, -0.05) is 12.1 Å². The Morgan fingerprint density at radius 3 is 2.68 bits per heavy atom. The monoisotopic (exact) mass is 412 g/mol. The molecule has 4 rings (SSSR count). The highest BCUT2D eigenvalue weighted by Gasteiger charge is 2.10. The van der Waals surface area contributed by atoms with Crippen LogP contribution in [-0.2, 0) is 0 Å². The molecule has 2 heterocycles.